The van der Waals surface area contributed by atoms with Crippen LogP contribution in [0.4, 0.5) is 0 Å². The molecule has 90 valence electrons. The summed E-state index contributed by atoms with van der Waals surface area (Å²) in [6.45, 7) is 6.22. The molecule has 0 aliphatic carbocycles. The first-order valence-electron chi connectivity index (χ1n) is 4.79. The standard InChI is InChI=1S/C11H16O5/c1-8(12)10(14)15-7-5-6-9(13)16-11(2,3)4/h5-6H,7H2,1-4H3. The van der Waals surface area contributed by atoms with Crippen LogP contribution >= 0.6 is 0 Å². The number of carbonyl (C=O) groups is 3. The van der Waals surface area contributed by atoms with Crippen molar-refractivity contribution in [3.8, 4) is 0 Å². The van der Waals surface area contributed by atoms with E-state index < -0.39 is 23.3 Å². The van der Waals surface area contributed by atoms with Crippen LogP contribution in [0.5, 0.6) is 0 Å². The van der Waals surface area contributed by atoms with Crippen LogP contribution in [0.15, 0.2) is 12.2 Å². The molecular formula is C11H16O5. The third-order valence-corrected chi connectivity index (χ3v) is 1.26. The SMILES string of the molecule is CC(=O)C(=O)OCC=CC(=O)OC(C)(C)C. The highest BCUT2D eigenvalue weighted by molar-refractivity contribution is 6.32. The van der Waals surface area contributed by atoms with Gasteiger partial charge < -0.3 is 9.47 Å². The number of hydrogen-bond acceptors (Lipinski definition) is 5. The second-order valence-electron chi connectivity index (χ2n) is 4.09. The number of carbonyl (C=O) groups excluding carboxylic acids is 3. The fraction of sp³-hybridized carbons (Fsp3) is 0.545. The molecule has 0 unspecified atom stereocenters. The van der Waals surface area contributed by atoms with Gasteiger partial charge in [-0.05, 0) is 26.8 Å². The minimum Gasteiger partial charge on any atom is -0.457 e. The summed E-state index contributed by atoms with van der Waals surface area (Å²) in [6, 6.07) is 0. The lowest BCUT2D eigenvalue weighted by Crippen LogP contribution is -2.22. The molecule has 0 rings (SSSR count). The number of ether oxygens (including phenoxy) is 2. The molecule has 0 aromatic heterocycles. The lowest BCUT2D eigenvalue weighted by Gasteiger charge is -2.17. The first kappa shape index (κ1) is 14.3. The summed E-state index contributed by atoms with van der Waals surface area (Å²) in [5.74, 6) is -2.12. The van der Waals surface area contributed by atoms with Crippen molar-refractivity contribution in [1.29, 1.82) is 0 Å². The van der Waals surface area contributed by atoms with Gasteiger partial charge in [-0.1, -0.05) is 0 Å². The van der Waals surface area contributed by atoms with E-state index in [4.69, 9.17) is 4.74 Å². The van der Waals surface area contributed by atoms with Crippen LogP contribution < -0.4 is 0 Å². The molecular weight excluding hydrogens is 212 g/mol. The summed E-state index contributed by atoms with van der Waals surface area (Å²) < 4.78 is 9.46. The van der Waals surface area contributed by atoms with Gasteiger partial charge >= 0.3 is 11.9 Å². The molecule has 16 heavy (non-hydrogen) atoms. The Morgan fingerprint density at radius 2 is 1.75 bits per heavy atom. The number of esters is 2. The minimum atomic E-state index is -0.922. The monoisotopic (exact) mass is 228 g/mol. The quantitative estimate of drug-likeness (QED) is 0.408. The number of hydrogen-bond donors (Lipinski definition) is 0. The highest BCUT2D eigenvalue weighted by Crippen LogP contribution is 2.06. The Kier molecular flexibility index (Phi) is 5.42. The topological polar surface area (TPSA) is 69.7 Å². The predicted molar refractivity (Wildman–Crippen MR) is 56.6 cm³/mol. The van der Waals surface area contributed by atoms with Gasteiger partial charge in [0.2, 0.25) is 5.78 Å². The van der Waals surface area contributed by atoms with Gasteiger partial charge in [-0.15, -0.1) is 0 Å². The third-order valence-electron chi connectivity index (χ3n) is 1.26. The lowest BCUT2D eigenvalue weighted by molar-refractivity contribution is -0.152. The van der Waals surface area contributed by atoms with Crippen molar-refractivity contribution in [3.05, 3.63) is 12.2 Å². The van der Waals surface area contributed by atoms with Crippen LogP contribution in [0.3, 0.4) is 0 Å². The van der Waals surface area contributed by atoms with Gasteiger partial charge in [0.15, 0.2) is 0 Å². The lowest BCUT2D eigenvalue weighted by atomic mass is 10.2. The first-order valence-corrected chi connectivity index (χ1v) is 4.79. The highest BCUT2D eigenvalue weighted by atomic mass is 16.6. The Labute approximate surface area is 94.4 Å². The van der Waals surface area contributed by atoms with Gasteiger partial charge in [0.05, 0.1) is 0 Å². The van der Waals surface area contributed by atoms with E-state index in [2.05, 4.69) is 4.74 Å². The second-order valence-corrected chi connectivity index (χ2v) is 4.09. The first-order chi connectivity index (χ1) is 7.22. The van der Waals surface area contributed by atoms with Gasteiger partial charge in [-0.25, -0.2) is 9.59 Å². The Morgan fingerprint density at radius 3 is 2.19 bits per heavy atom. The van der Waals surface area contributed by atoms with Crippen molar-refractivity contribution in [2.24, 2.45) is 0 Å². The molecule has 0 bridgehead atoms. The van der Waals surface area contributed by atoms with Crippen molar-refractivity contribution in [2.75, 3.05) is 6.61 Å². The van der Waals surface area contributed by atoms with Crippen molar-refractivity contribution in [3.63, 3.8) is 0 Å². The summed E-state index contributed by atoms with van der Waals surface area (Å²) in [4.78, 5) is 32.3. The Bertz CT molecular complexity index is 309. The Morgan fingerprint density at radius 1 is 1.19 bits per heavy atom. The molecule has 0 aliphatic rings. The molecule has 5 heteroatoms. The summed E-state index contributed by atoms with van der Waals surface area (Å²) in [5.41, 5.74) is -0.558. The average Bonchev–Trinajstić information content (AvgIpc) is 2.08. The minimum absolute atomic E-state index is 0.127. The van der Waals surface area contributed by atoms with Gasteiger partial charge in [-0.3, -0.25) is 4.79 Å². The van der Waals surface area contributed by atoms with Gasteiger partial charge in [0, 0.05) is 13.0 Å². The van der Waals surface area contributed by atoms with E-state index in [1.165, 1.54) is 6.08 Å². The molecule has 0 fully saturated rings. The van der Waals surface area contributed by atoms with E-state index >= 15 is 0 Å². The largest absolute Gasteiger partial charge is 0.457 e. The molecule has 0 spiro atoms. The van der Waals surface area contributed by atoms with E-state index in [0.717, 1.165) is 13.0 Å². The number of ketones is 1. The normalized spacial score (nSPS) is 11.2. The Balaban J connectivity index is 3.90. The average molecular weight is 228 g/mol. The van der Waals surface area contributed by atoms with Gasteiger partial charge in [0.1, 0.15) is 12.2 Å². The number of rotatable bonds is 4. The molecule has 0 saturated carbocycles. The molecule has 0 atom stereocenters. The summed E-state index contributed by atoms with van der Waals surface area (Å²) in [5, 5.41) is 0. The van der Waals surface area contributed by atoms with Gasteiger partial charge in [-0.2, -0.15) is 0 Å². The molecule has 0 saturated heterocycles. The maximum atomic E-state index is 11.1. The van der Waals surface area contributed by atoms with Crippen LogP contribution in [0.2, 0.25) is 0 Å². The smallest absolute Gasteiger partial charge is 0.374 e. The van der Waals surface area contributed by atoms with E-state index in [9.17, 15) is 14.4 Å². The summed E-state index contributed by atoms with van der Waals surface area (Å²) in [6.07, 6.45) is 2.47. The zero-order valence-corrected chi connectivity index (χ0v) is 9.90. The van der Waals surface area contributed by atoms with E-state index in [0.29, 0.717) is 0 Å². The second kappa shape index (κ2) is 6.05. The van der Waals surface area contributed by atoms with Crippen LogP contribution in [0, 0.1) is 0 Å². The zero-order chi connectivity index (χ0) is 12.8. The predicted octanol–water partition coefficient (Wildman–Crippen LogP) is 1.02. The van der Waals surface area contributed by atoms with Crippen molar-refractivity contribution < 1.29 is 23.9 Å². The molecule has 0 N–H and O–H groups in total. The van der Waals surface area contributed by atoms with Crippen LogP contribution in [-0.2, 0) is 23.9 Å². The van der Waals surface area contributed by atoms with Crippen LogP contribution in [-0.4, -0.2) is 29.9 Å². The molecule has 0 radical (unpaired) electrons. The van der Waals surface area contributed by atoms with E-state index in [-0.39, 0.29) is 6.61 Å². The zero-order valence-electron chi connectivity index (χ0n) is 9.90. The maximum absolute atomic E-state index is 11.1. The van der Waals surface area contributed by atoms with Crippen LogP contribution in [0.1, 0.15) is 27.7 Å². The van der Waals surface area contributed by atoms with Crippen LogP contribution in [0.25, 0.3) is 0 Å². The molecule has 5 nitrogen and oxygen atoms in total. The van der Waals surface area contributed by atoms with Crippen molar-refractivity contribution in [2.45, 2.75) is 33.3 Å². The molecule has 0 aromatic rings. The fourth-order valence-electron chi connectivity index (χ4n) is 0.706. The molecule has 0 amide bonds. The molecule has 0 aliphatic heterocycles. The molecule has 0 heterocycles. The van der Waals surface area contributed by atoms with E-state index in [1.807, 2.05) is 0 Å². The fourth-order valence-corrected chi connectivity index (χ4v) is 0.706. The maximum Gasteiger partial charge on any atom is 0.374 e. The highest BCUT2D eigenvalue weighted by Gasteiger charge is 2.13. The third kappa shape index (κ3) is 7.73. The summed E-state index contributed by atoms with van der Waals surface area (Å²) in [7, 11) is 0. The Hall–Kier alpha value is -1.65. The van der Waals surface area contributed by atoms with Gasteiger partial charge in [0.25, 0.3) is 0 Å². The molecule has 0 aromatic carbocycles. The summed E-state index contributed by atoms with van der Waals surface area (Å²) >= 11 is 0. The van der Waals surface area contributed by atoms with Crippen molar-refractivity contribution >= 4 is 17.7 Å². The van der Waals surface area contributed by atoms with E-state index in [1.54, 1.807) is 20.8 Å². The van der Waals surface area contributed by atoms with Crippen molar-refractivity contribution in [1.82, 2.24) is 0 Å². The number of Topliss-reactive ketones (excluding diaryl/α,β-unsaturated/α-hetero) is 1.